The number of rotatable bonds is 4. The van der Waals surface area contributed by atoms with E-state index in [0.717, 1.165) is 25.9 Å². The third kappa shape index (κ3) is 3.62. The second-order valence-corrected chi connectivity index (χ2v) is 5.00. The first-order valence-corrected chi connectivity index (χ1v) is 6.80. The molecule has 0 aliphatic carbocycles. The van der Waals surface area contributed by atoms with Gasteiger partial charge in [-0.3, -0.25) is 4.79 Å². The molecule has 1 aromatic rings. The van der Waals surface area contributed by atoms with E-state index in [-0.39, 0.29) is 5.91 Å². The predicted octanol–water partition coefficient (Wildman–Crippen LogP) is 2.64. The van der Waals surface area contributed by atoms with Gasteiger partial charge in [0.25, 0.3) is 0 Å². The molecule has 5 heteroatoms. The summed E-state index contributed by atoms with van der Waals surface area (Å²) in [4.78, 5) is 13.7. The summed E-state index contributed by atoms with van der Waals surface area (Å²) >= 11 is 5.89. The Morgan fingerprint density at radius 3 is 2.84 bits per heavy atom. The van der Waals surface area contributed by atoms with E-state index in [9.17, 15) is 4.79 Å². The zero-order valence-corrected chi connectivity index (χ0v) is 11.4. The Balaban J connectivity index is 1.87. The van der Waals surface area contributed by atoms with Gasteiger partial charge in [-0.05, 0) is 31.0 Å². The van der Waals surface area contributed by atoms with Gasteiger partial charge in [0.05, 0.1) is 11.3 Å². The van der Waals surface area contributed by atoms with E-state index >= 15 is 0 Å². The SMILES string of the molecule is N#Cc1ccc(Cl)cc1NCCC(=O)N1CCCC1. The van der Waals surface area contributed by atoms with Gasteiger partial charge in [0, 0.05) is 31.1 Å². The fourth-order valence-corrected chi connectivity index (χ4v) is 2.36. The highest BCUT2D eigenvalue weighted by Gasteiger charge is 2.17. The van der Waals surface area contributed by atoms with E-state index < -0.39 is 0 Å². The van der Waals surface area contributed by atoms with E-state index in [0.29, 0.717) is 29.2 Å². The molecule has 0 spiro atoms. The van der Waals surface area contributed by atoms with Crippen molar-refractivity contribution in [2.45, 2.75) is 19.3 Å². The summed E-state index contributed by atoms with van der Waals surface area (Å²) in [7, 11) is 0. The van der Waals surface area contributed by atoms with Crippen LogP contribution in [0, 0.1) is 11.3 Å². The highest BCUT2D eigenvalue weighted by molar-refractivity contribution is 6.30. The maximum atomic E-state index is 11.9. The number of nitrogens with one attached hydrogen (secondary N) is 1. The number of amides is 1. The van der Waals surface area contributed by atoms with Gasteiger partial charge in [-0.1, -0.05) is 11.6 Å². The quantitative estimate of drug-likeness (QED) is 0.920. The fraction of sp³-hybridized carbons (Fsp3) is 0.429. The minimum absolute atomic E-state index is 0.172. The van der Waals surface area contributed by atoms with Crippen LogP contribution in [-0.4, -0.2) is 30.4 Å². The minimum Gasteiger partial charge on any atom is -0.383 e. The number of halogens is 1. The van der Waals surface area contributed by atoms with Crippen molar-refractivity contribution in [3.8, 4) is 6.07 Å². The van der Waals surface area contributed by atoms with E-state index in [2.05, 4.69) is 11.4 Å². The van der Waals surface area contributed by atoms with Gasteiger partial charge in [-0.25, -0.2) is 0 Å². The number of carbonyl (C=O) groups is 1. The number of likely N-dealkylation sites (tertiary alicyclic amines) is 1. The molecule has 100 valence electrons. The molecule has 1 aliphatic heterocycles. The Hall–Kier alpha value is -1.73. The lowest BCUT2D eigenvalue weighted by Crippen LogP contribution is -2.29. The molecule has 0 unspecified atom stereocenters. The van der Waals surface area contributed by atoms with Crippen LogP contribution in [-0.2, 0) is 4.79 Å². The second-order valence-electron chi connectivity index (χ2n) is 4.57. The smallest absolute Gasteiger partial charge is 0.224 e. The third-order valence-corrected chi connectivity index (χ3v) is 3.45. The average Bonchev–Trinajstić information content (AvgIpc) is 2.93. The maximum Gasteiger partial charge on any atom is 0.224 e. The highest BCUT2D eigenvalue weighted by Crippen LogP contribution is 2.20. The van der Waals surface area contributed by atoms with Crippen molar-refractivity contribution in [3.63, 3.8) is 0 Å². The van der Waals surface area contributed by atoms with Crippen LogP contribution in [0.3, 0.4) is 0 Å². The number of hydrogen-bond acceptors (Lipinski definition) is 3. The highest BCUT2D eigenvalue weighted by atomic mass is 35.5. The van der Waals surface area contributed by atoms with Crippen molar-refractivity contribution in [2.24, 2.45) is 0 Å². The summed E-state index contributed by atoms with van der Waals surface area (Å²) in [5.74, 6) is 0.172. The normalized spacial score (nSPS) is 14.2. The van der Waals surface area contributed by atoms with Crippen LogP contribution in [0.2, 0.25) is 5.02 Å². The molecule has 19 heavy (non-hydrogen) atoms. The Morgan fingerprint density at radius 2 is 2.16 bits per heavy atom. The third-order valence-electron chi connectivity index (χ3n) is 3.22. The number of carbonyl (C=O) groups excluding carboxylic acids is 1. The van der Waals surface area contributed by atoms with Crippen LogP contribution in [0.25, 0.3) is 0 Å². The molecular formula is C14H16ClN3O. The van der Waals surface area contributed by atoms with Crippen molar-refractivity contribution in [1.29, 1.82) is 5.26 Å². The van der Waals surface area contributed by atoms with Crippen LogP contribution < -0.4 is 5.32 Å². The van der Waals surface area contributed by atoms with E-state index in [4.69, 9.17) is 16.9 Å². The maximum absolute atomic E-state index is 11.9. The van der Waals surface area contributed by atoms with E-state index in [1.807, 2.05) is 4.90 Å². The number of nitriles is 1. The first kappa shape index (κ1) is 13.7. The molecule has 0 bridgehead atoms. The zero-order valence-electron chi connectivity index (χ0n) is 10.7. The molecule has 1 N–H and O–H groups in total. The van der Waals surface area contributed by atoms with E-state index in [1.165, 1.54) is 0 Å². The number of anilines is 1. The molecule has 1 heterocycles. The van der Waals surface area contributed by atoms with Crippen molar-refractivity contribution in [2.75, 3.05) is 25.0 Å². The zero-order chi connectivity index (χ0) is 13.7. The van der Waals surface area contributed by atoms with Crippen molar-refractivity contribution in [1.82, 2.24) is 4.90 Å². The fourth-order valence-electron chi connectivity index (χ4n) is 2.19. The molecule has 1 amide bonds. The summed E-state index contributed by atoms with van der Waals surface area (Å²) in [5.41, 5.74) is 1.22. The Bertz CT molecular complexity index is 504. The molecule has 1 saturated heterocycles. The lowest BCUT2D eigenvalue weighted by atomic mass is 10.2. The van der Waals surface area contributed by atoms with Gasteiger partial charge >= 0.3 is 0 Å². The molecule has 1 fully saturated rings. The van der Waals surface area contributed by atoms with Gasteiger partial charge in [0.1, 0.15) is 6.07 Å². The first-order chi connectivity index (χ1) is 9.20. The monoisotopic (exact) mass is 277 g/mol. The molecule has 0 saturated carbocycles. The first-order valence-electron chi connectivity index (χ1n) is 6.42. The summed E-state index contributed by atoms with van der Waals surface area (Å²) in [5, 5.41) is 12.7. The molecular weight excluding hydrogens is 262 g/mol. The van der Waals surface area contributed by atoms with Crippen molar-refractivity contribution < 1.29 is 4.79 Å². The van der Waals surface area contributed by atoms with Crippen LogP contribution >= 0.6 is 11.6 Å². The van der Waals surface area contributed by atoms with Crippen LogP contribution in [0.4, 0.5) is 5.69 Å². The van der Waals surface area contributed by atoms with Crippen molar-refractivity contribution >= 4 is 23.2 Å². The van der Waals surface area contributed by atoms with Gasteiger partial charge in [0.15, 0.2) is 0 Å². The lowest BCUT2D eigenvalue weighted by molar-refractivity contribution is -0.129. The molecule has 4 nitrogen and oxygen atoms in total. The van der Waals surface area contributed by atoms with Gasteiger partial charge < -0.3 is 10.2 Å². The van der Waals surface area contributed by atoms with Crippen LogP contribution in [0.1, 0.15) is 24.8 Å². The summed E-state index contributed by atoms with van der Waals surface area (Å²) in [6.07, 6.45) is 2.65. The Labute approximate surface area is 118 Å². The number of hydrogen-bond donors (Lipinski definition) is 1. The predicted molar refractivity (Wildman–Crippen MR) is 75.1 cm³/mol. The van der Waals surface area contributed by atoms with Gasteiger partial charge in [-0.2, -0.15) is 5.26 Å². The number of benzene rings is 1. The topological polar surface area (TPSA) is 56.1 Å². The standard InChI is InChI=1S/C14H16ClN3O/c15-12-4-3-11(10-16)13(9-12)17-6-5-14(19)18-7-1-2-8-18/h3-4,9,17H,1-2,5-8H2. The molecule has 1 aliphatic rings. The van der Waals surface area contributed by atoms with Crippen molar-refractivity contribution in [3.05, 3.63) is 28.8 Å². The van der Waals surface area contributed by atoms with Crippen LogP contribution in [0.15, 0.2) is 18.2 Å². The molecule has 0 aromatic heterocycles. The molecule has 2 rings (SSSR count). The van der Waals surface area contributed by atoms with Crippen LogP contribution in [0.5, 0.6) is 0 Å². The second kappa shape index (κ2) is 6.44. The molecule has 1 aromatic carbocycles. The largest absolute Gasteiger partial charge is 0.383 e. The van der Waals surface area contributed by atoms with Gasteiger partial charge in [0.2, 0.25) is 5.91 Å². The molecule has 0 atom stereocenters. The Kier molecular flexibility index (Phi) is 4.64. The summed E-state index contributed by atoms with van der Waals surface area (Å²) < 4.78 is 0. The average molecular weight is 278 g/mol. The van der Waals surface area contributed by atoms with E-state index in [1.54, 1.807) is 18.2 Å². The lowest BCUT2D eigenvalue weighted by Gasteiger charge is -2.15. The summed E-state index contributed by atoms with van der Waals surface area (Å²) in [6.45, 7) is 2.27. The minimum atomic E-state index is 0.172. The summed E-state index contributed by atoms with van der Waals surface area (Å²) in [6, 6.07) is 7.16. The van der Waals surface area contributed by atoms with Gasteiger partial charge in [-0.15, -0.1) is 0 Å². The Morgan fingerprint density at radius 1 is 1.42 bits per heavy atom. The number of nitrogens with zero attached hydrogens (tertiary/aromatic N) is 2. The molecule has 0 radical (unpaired) electrons.